The average Bonchev–Trinajstić information content (AvgIpc) is 2.81. The molecule has 2 aromatic carbocycles. The van der Waals surface area contributed by atoms with E-state index < -0.39 is 0 Å². The standard InChI is InChI=1S/C27H36ClN3O2/c1-27(2,3)15-18-31-16-13-21(14-17-31)25(32)29-19-20-5-7-22(8-6-20)26(33)30(4)24-11-9-23(28)10-12-24/h5-12,21H,13-19H2,1-4H3,(H,29,32). The van der Waals surface area contributed by atoms with Gasteiger partial charge in [0.05, 0.1) is 0 Å². The number of hydrogen-bond acceptors (Lipinski definition) is 3. The maximum absolute atomic E-state index is 12.8. The van der Waals surface area contributed by atoms with E-state index in [1.165, 1.54) is 6.42 Å². The summed E-state index contributed by atoms with van der Waals surface area (Å²) in [7, 11) is 1.74. The minimum absolute atomic E-state index is 0.0877. The summed E-state index contributed by atoms with van der Waals surface area (Å²) in [4.78, 5) is 29.5. The van der Waals surface area contributed by atoms with Gasteiger partial charge in [0, 0.05) is 35.8 Å². The number of nitrogens with zero attached hydrogens (tertiary/aromatic N) is 2. The van der Waals surface area contributed by atoms with Gasteiger partial charge in [-0.15, -0.1) is 0 Å². The fraction of sp³-hybridized carbons (Fsp3) is 0.481. The van der Waals surface area contributed by atoms with Crippen molar-refractivity contribution in [1.82, 2.24) is 10.2 Å². The van der Waals surface area contributed by atoms with Gasteiger partial charge in [-0.05, 0) is 86.3 Å². The number of halogens is 1. The van der Waals surface area contributed by atoms with Crippen LogP contribution in [0.4, 0.5) is 5.69 Å². The third kappa shape index (κ3) is 7.58. The number of nitrogens with one attached hydrogen (secondary N) is 1. The van der Waals surface area contributed by atoms with Crippen LogP contribution in [0.25, 0.3) is 0 Å². The molecule has 2 aromatic rings. The van der Waals surface area contributed by atoms with Crippen molar-refractivity contribution in [1.29, 1.82) is 0 Å². The lowest BCUT2D eigenvalue weighted by molar-refractivity contribution is -0.126. The van der Waals surface area contributed by atoms with E-state index >= 15 is 0 Å². The maximum atomic E-state index is 12.8. The largest absolute Gasteiger partial charge is 0.352 e. The number of carbonyl (C=O) groups excluding carboxylic acids is 2. The summed E-state index contributed by atoms with van der Waals surface area (Å²) >= 11 is 5.93. The number of hydrogen-bond donors (Lipinski definition) is 1. The second kappa shape index (κ2) is 11.2. The zero-order valence-corrected chi connectivity index (χ0v) is 21.0. The van der Waals surface area contributed by atoms with Gasteiger partial charge in [-0.25, -0.2) is 0 Å². The van der Waals surface area contributed by atoms with E-state index in [9.17, 15) is 9.59 Å². The number of anilines is 1. The van der Waals surface area contributed by atoms with E-state index in [0.717, 1.165) is 43.7 Å². The lowest BCUT2D eigenvalue weighted by atomic mass is 9.90. The van der Waals surface area contributed by atoms with Crippen LogP contribution in [-0.2, 0) is 11.3 Å². The molecular formula is C27H36ClN3O2. The Hall–Kier alpha value is -2.37. The summed E-state index contributed by atoms with van der Waals surface area (Å²) in [6.45, 7) is 10.4. The SMILES string of the molecule is CN(C(=O)c1ccc(CNC(=O)C2CCN(CCC(C)(C)C)CC2)cc1)c1ccc(Cl)cc1. The quantitative estimate of drug-likeness (QED) is 0.592. The van der Waals surface area contributed by atoms with Crippen molar-refractivity contribution in [2.45, 2.75) is 46.6 Å². The van der Waals surface area contributed by atoms with Gasteiger partial charge in [0.25, 0.3) is 5.91 Å². The van der Waals surface area contributed by atoms with Crippen LogP contribution in [0.2, 0.25) is 5.02 Å². The van der Waals surface area contributed by atoms with Gasteiger partial charge < -0.3 is 15.1 Å². The van der Waals surface area contributed by atoms with Gasteiger partial charge in [-0.3, -0.25) is 9.59 Å². The molecule has 3 rings (SSSR count). The Bertz CT molecular complexity index is 927. The Balaban J connectivity index is 1.45. The molecule has 0 spiro atoms. The zero-order valence-electron chi connectivity index (χ0n) is 20.2. The molecule has 6 heteroatoms. The molecule has 0 saturated carbocycles. The minimum atomic E-state index is -0.0915. The Morgan fingerprint density at radius 1 is 1.03 bits per heavy atom. The van der Waals surface area contributed by atoms with Crippen molar-refractivity contribution < 1.29 is 9.59 Å². The van der Waals surface area contributed by atoms with Crippen molar-refractivity contribution in [3.05, 3.63) is 64.7 Å². The highest BCUT2D eigenvalue weighted by atomic mass is 35.5. The smallest absolute Gasteiger partial charge is 0.258 e. The van der Waals surface area contributed by atoms with Crippen LogP contribution < -0.4 is 10.2 Å². The van der Waals surface area contributed by atoms with Crippen molar-refractivity contribution in [3.8, 4) is 0 Å². The van der Waals surface area contributed by atoms with E-state index in [2.05, 4.69) is 31.0 Å². The van der Waals surface area contributed by atoms with Crippen LogP contribution in [0.3, 0.4) is 0 Å². The molecule has 1 heterocycles. The fourth-order valence-electron chi connectivity index (χ4n) is 3.99. The Labute approximate surface area is 203 Å². The molecular weight excluding hydrogens is 434 g/mol. The first-order chi connectivity index (χ1) is 15.6. The molecule has 0 aliphatic carbocycles. The Kier molecular flexibility index (Phi) is 8.55. The lowest BCUT2D eigenvalue weighted by Crippen LogP contribution is -2.41. The number of benzene rings is 2. The van der Waals surface area contributed by atoms with Crippen LogP contribution in [-0.4, -0.2) is 43.4 Å². The molecule has 33 heavy (non-hydrogen) atoms. The summed E-state index contributed by atoms with van der Waals surface area (Å²) < 4.78 is 0. The first-order valence-electron chi connectivity index (χ1n) is 11.7. The second-order valence-electron chi connectivity index (χ2n) is 10.2. The maximum Gasteiger partial charge on any atom is 0.258 e. The first-order valence-corrected chi connectivity index (χ1v) is 12.1. The van der Waals surface area contributed by atoms with Crippen LogP contribution in [0.15, 0.2) is 48.5 Å². The van der Waals surface area contributed by atoms with Gasteiger partial charge in [0.2, 0.25) is 5.91 Å². The monoisotopic (exact) mass is 469 g/mol. The number of amides is 2. The van der Waals surface area contributed by atoms with Crippen molar-refractivity contribution in [2.75, 3.05) is 31.6 Å². The fourth-order valence-corrected chi connectivity index (χ4v) is 4.11. The highest BCUT2D eigenvalue weighted by molar-refractivity contribution is 6.30. The molecule has 1 N–H and O–H groups in total. The van der Waals surface area contributed by atoms with Crippen LogP contribution in [0.5, 0.6) is 0 Å². The number of rotatable bonds is 7. The van der Waals surface area contributed by atoms with Crippen LogP contribution in [0.1, 0.15) is 56.0 Å². The predicted molar refractivity (Wildman–Crippen MR) is 136 cm³/mol. The molecule has 1 aliphatic rings. The molecule has 2 amide bonds. The molecule has 178 valence electrons. The summed E-state index contributed by atoms with van der Waals surface area (Å²) in [5.74, 6) is 0.129. The summed E-state index contributed by atoms with van der Waals surface area (Å²) in [5.41, 5.74) is 2.71. The van der Waals surface area contributed by atoms with Crippen LogP contribution in [0, 0.1) is 11.3 Å². The number of likely N-dealkylation sites (tertiary alicyclic amines) is 1. The van der Waals surface area contributed by atoms with Gasteiger partial charge in [-0.1, -0.05) is 44.5 Å². The molecule has 0 atom stereocenters. The number of carbonyl (C=O) groups is 2. The highest BCUT2D eigenvalue weighted by Gasteiger charge is 2.25. The van der Waals surface area contributed by atoms with Gasteiger partial charge in [0.15, 0.2) is 0 Å². The van der Waals surface area contributed by atoms with Gasteiger partial charge in [-0.2, -0.15) is 0 Å². The van der Waals surface area contributed by atoms with E-state index in [0.29, 0.717) is 22.5 Å². The third-order valence-electron chi connectivity index (χ3n) is 6.32. The average molecular weight is 470 g/mol. The summed E-state index contributed by atoms with van der Waals surface area (Å²) in [5, 5.41) is 3.71. The van der Waals surface area contributed by atoms with E-state index in [1.807, 2.05) is 36.4 Å². The Morgan fingerprint density at radius 2 is 1.64 bits per heavy atom. The van der Waals surface area contributed by atoms with Gasteiger partial charge >= 0.3 is 0 Å². The van der Waals surface area contributed by atoms with Crippen molar-refractivity contribution in [3.63, 3.8) is 0 Å². The van der Waals surface area contributed by atoms with E-state index in [-0.39, 0.29) is 17.7 Å². The molecule has 1 aliphatic heterocycles. The second-order valence-corrected chi connectivity index (χ2v) is 10.6. The molecule has 1 saturated heterocycles. The predicted octanol–water partition coefficient (Wildman–Crippen LogP) is 5.38. The van der Waals surface area contributed by atoms with Crippen molar-refractivity contribution >= 4 is 29.1 Å². The van der Waals surface area contributed by atoms with Crippen LogP contribution >= 0.6 is 11.6 Å². The minimum Gasteiger partial charge on any atom is -0.352 e. The first kappa shape index (κ1) is 25.3. The molecule has 0 radical (unpaired) electrons. The summed E-state index contributed by atoms with van der Waals surface area (Å²) in [6.07, 6.45) is 3.01. The molecule has 5 nitrogen and oxygen atoms in total. The van der Waals surface area contributed by atoms with Crippen molar-refractivity contribution in [2.24, 2.45) is 11.3 Å². The molecule has 1 fully saturated rings. The van der Waals surface area contributed by atoms with E-state index in [1.54, 1.807) is 24.1 Å². The zero-order chi connectivity index (χ0) is 24.0. The highest BCUT2D eigenvalue weighted by Crippen LogP contribution is 2.23. The number of piperidine rings is 1. The normalized spacial score (nSPS) is 15.3. The van der Waals surface area contributed by atoms with Gasteiger partial charge in [0.1, 0.15) is 0 Å². The molecule has 0 aromatic heterocycles. The lowest BCUT2D eigenvalue weighted by Gasteiger charge is -2.33. The third-order valence-corrected chi connectivity index (χ3v) is 6.57. The summed E-state index contributed by atoms with van der Waals surface area (Å²) in [6, 6.07) is 14.6. The Morgan fingerprint density at radius 3 is 2.21 bits per heavy atom. The molecule has 0 unspecified atom stereocenters. The topological polar surface area (TPSA) is 52.7 Å². The molecule has 0 bridgehead atoms. The van der Waals surface area contributed by atoms with E-state index in [4.69, 9.17) is 11.6 Å².